The highest BCUT2D eigenvalue weighted by Crippen LogP contribution is 2.19. The second-order valence-corrected chi connectivity index (χ2v) is 5.70. The van der Waals surface area contributed by atoms with Gasteiger partial charge in [-0.2, -0.15) is 4.98 Å². The monoisotopic (exact) mass is 293 g/mol. The van der Waals surface area contributed by atoms with E-state index in [1.54, 1.807) is 12.3 Å². The third-order valence-corrected chi connectivity index (χ3v) is 3.39. The van der Waals surface area contributed by atoms with Gasteiger partial charge in [0.25, 0.3) is 0 Å². The molecule has 0 saturated carbocycles. The van der Waals surface area contributed by atoms with Gasteiger partial charge in [-0.25, -0.2) is 4.98 Å². The van der Waals surface area contributed by atoms with Crippen LogP contribution in [-0.2, 0) is 4.79 Å². The quantitative estimate of drug-likeness (QED) is 0.829. The number of amides is 1. The summed E-state index contributed by atoms with van der Waals surface area (Å²) in [4.78, 5) is 22.1. The van der Waals surface area contributed by atoms with E-state index < -0.39 is 0 Å². The summed E-state index contributed by atoms with van der Waals surface area (Å²) in [5.74, 6) is 1.08. The molecule has 6 heteroatoms. The van der Waals surface area contributed by atoms with Crippen molar-refractivity contribution in [2.45, 2.75) is 39.2 Å². The number of methoxy groups -OCH3 is 1. The molecular formula is C15H23N3O3. The molecule has 1 fully saturated rings. The zero-order chi connectivity index (χ0) is 15.2. The van der Waals surface area contributed by atoms with Gasteiger partial charge in [-0.3, -0.25) is 4.79 Å². The normalized spacial score (nSPS) is 18.7. The van der Waals surface area contributed by atoms with Crippen LogP contribution in [0.15, 0.2) is 12.3 Å². The van der Waals surface area contributed by atoms with E-state index in [0.29, 0.717) is 24.8 Å². The minimum absolute atomic E-state index is 0.0190. The molecule has 1 aliphatic rings. The number of piperidine rings is 1. The van der Waals surface area contributed by atoms with Gasteiger partial charge in [-0.05, 0) is 18.8 Å². The maximum Gasteiger partial charge on any atom is 0.319 e. The van der Waals surface area contributed by atoms with E-state index in [9.17, 15) is 4.79 Å². The summed E-state index contributed by atoms with van der Waals surface area (Å²) in [6.07, 6.45) is 4.06. The van der Waals surface area contributed by atoms with Crippen LogP contribution in [-0.4, -0.2) is 47.1 Å². The second-order valence-electron chi connectivity index (χ2n) is 5.70. The molecule has 1 atom stereocenters. The van der Waals surface area contributed by atoms with Crippen molar-refractivity contribution < 1.29 is 14.3 Å². The zero-order valence-electron chi connectivity index (χ0n) is 12.9. The molecule has 0 N–H and O–H groups in total. The van der Waals surface area contributed by atoms with Crippen LogP contribution in [0.1, 0.15) is 33.1 Å². The van der Waals surface area contributed by atoms with Crippen LogP contribution in [0.4, 0.5) is 0 Å². The summed E-state index contributed by atoms with van der Waals surface area (Å²) in [7, 11) is 1.52. The molecule has 0 radical (unpaired) electrons. The summed E-state index contributed by atoms with van der Waals surface area (Å²) >= 11 is 0. The Balaban J connectivity index is 1.93. The summed E-state index contributed by atoms with van der Waals surface area (Å²) in [5, 5.41) is 0. The lowest BCUT2D eigenvalue weighted by atomic mass is 10.1. The van der Waals surface area contributed by atoms with Crippen LogP contribution in [0, 0.1) is 5.92 Å². The third kappa shape index (κ3) is 4.58. The van der Waals surface area contributed by atoms with Crippen LogP contribution in [0.5, 0.6) is 11.9 Å². The van der Waals surface area contributed by atoms with Gasteiger partial charge in [0.05, 0.1) is 13.7 Å². The number of carbonyl (C=O) groups excluding carboxylic acids is 1. The minimum atomic E-state index is -0.0190. The largest absolute Gasteiger partial charge is 0.472 e. The lowest BCUT2D eigenvalue weighted by molar-refractivity contribution is -0.134. The number of nitrogens with zero attached hydrogens (tertiary/aromatic N) is 3. The average molecular weight is 293 g/mol. The molecule has 1 unspecified atom stereocenters. The standard InChI is InChI=1S/C15H23N3O3/c1-11(2)9-14(19)18-8-4-5-12(10-18)21-13-6-7-16-15(17-13)20-3/h6-7,11-12H,4-5,8-10H2,1-3H3. The number of aromatic nitrogens is 2. The molecule has 0 aliphatic carbocycles. The molecule has 1 aromatic rings. The van der Waals surface area contributed by atoms with E-state index in [4.69, 9.17) is 9.47 Å². The highest BCUT2D eigenvalue weighted by Gasteiger charge is 2.25. The van der Waals surface area contributed by atoms with Gasteiger partial charge in [0.2, 0.25) is 11.8 Å². The van der Waals surface area contributed by atoms with Crippen LogP contribution in [0.2, 0.25) is 0 Å². The Morgan fingerprint density at radius 2 is 2.33 bits per heavy atom. The molecule has 0 bridgehead atoms. The Kier molecular flexibility index (Phi) is 5.36. The fourth-order valence-electron chi connectivity index (χ4n) is 2.40. The molecule has 1 aromatic heterocycles. The van der Waals surface area contributed by atoms with Crippen molar-refractivity contribution in [3.8, 4) is 11.9 Å². The smallest absolute Gasteiger partial charge is 0.319 e. The van der Waals surface area contributed by atoms with Crippen molar-refractivity contribution in [1.29, 1.82) is 0 Å². The fraction of sp³-hybridized carbons (Fsp3) is 0.667. The minimum Gasteiger partial charge on any atom is -0.472 e. The average Bonchev–Trinajstić information content (AvgIpc) is 2.47. The van der Waals surface area contributed by atoms with E-state index in [2.05, 4.69) is 23.8 Å². The predicted octanol–water partition coefficient (Wildman–Crippen LogP) is 1.90. The Hall–Kier alpha value is -1.85. The highest BCUT2D eigenvalue weighted by molar-refractivity contribution is 5.76. The summed E-state index contributed by atoms with van der Waals surface area (Å²) in [6, 6.07) is 1.99. The lowest BCUT2D eigenvalue weighted by Crippen LogP contribution is -2.44. The van der Waals surface area contributed by atoms with Crippen molar-refractivity contribution in [3.05, 3.63) is 12.3 Å². The van der Waals surface area contributed by atoms with Crippen LogP contribution in [0.3, 0.4) is 0 Å². The molecule has 1 aliphatic heterocycles. The lowest BCUT2D eigenvalue weighted by Gasteiger charge is -2.33. The van der Waals surface area contributed by atoms with E-state index in [0.717, 1.165) is 19.4 Å². The predicted molar refractivity (Wildman–Crippen MR) is 78.3 cm³/mol. The van der Waals surface area contributed by atoms with Gasteiger partial charge in [-0.1, -0.05) is 13.8 Å². The highest BCUT2D eigenvalue weighted by atomic mass is 16.5. The first-order valence-corrected chi connectivity index (χ1v) is 7.40. The van der Waals surface area contributed by atoms with Gasteiger partial charge in [0, 0.05) is 25.2 Å². The Bertz CT molecular complexity index is 479. The van der Waals surface area contributed by atoms with Crippen molar-refractivity contribution >= 4 is 5.91 Å². The van der Waals surface area contributed by atoms with Gasteiger partial charge >= 0.3 is 6.01 Å². The Morgan fingerprint density at radius 3 is 3.05 bits per heavy atom. The first kappa shape index (κ1) is 15.5. The first-order valence-electron chi connectivity index (χ1n) is 7.40. The molecule has 21 heavy (non-hydrogen) atoms. The second kappa shape index (κ2) is 7.24. The van der Waals surface area contributed by atoms with E-state index >= 15 is 0 Å². The molecule has 2 rings (SSSR count). The summed E-state index contributed by atoms with van der Waals surface area (Å²) in [6.45, 7) is 5.56. The number of likely N-dealkylation sites (tertiary alicyclic amines) is 1. The molecule has 0 spiro atoms. The van der Waals surface area contributed by atoms with E-state index in [1.165, 1.54) is 7.11 Å². The molecule has 6 nitrogen and oxygen atoms in total. The topological polar surface area (TPSA) is 64.6 Å². The maximum atomic E-state index is 12.1. The molecule has 2 heterocycles. The van der Waals surface area contributed by atoms with Crippen molar-refractivity contribution in [2.75, 3.05) is 20.2 Å². The Labute approximate surface area is 125 Å². The van der Waals surface area contributed by atoms with E-state index in [1.807, 2.05) is 4.90 Å². The van der Waals surface area contributed by atoms with Crippen LogP contribution >= 0.6 is 0 Å². The molecular weight excluding hydrogens is 270 g/mol. The number of hydrogen-bond acceptors (Lipinski definition) is 5. The van der Waals surface area contributed by atoms with Crippen molar-refractivity contribution in [1.82, 2.24) is 14.9 Å². The summed E-state index contributed by atoms with van der Waals surface area (Å²) in [5.41, 5.74) is 0. The number of ether oxygens (including phenoxy) is 2. The van der Waals surface area contributed by atoms with Crippen LogP contribution < -0.4 is 9.47 Å². The summed E-state index contributed by atoms with van der Waals surface area (Å²) < 4.78 is 10.8. The van der Waals surface area contributed by atoms with Crippen LogP contribution in [0.25, 0.3) is 0 Å². The van der Waals surface area contributed by atoms with Gasteiger partial charge in [0.15, 0.2) is 0 Å². The van der Waals surface area contributed by atoms with Gasteiger partial charge in [0.1, 0.15) is 6.10 Å². The Morgan fingerprint density at radius 1 is 1.52 bits per heavy atom. The number of carbonyl (C=O) groups is 1. The SMILES string of the molecule is COc1nccc(OC2CCCN(C(=O)CC(C)C)C2)n1. The van der Waals surface area contributed by atoms with Gasteiger partial charge < -0.3 is 14.4 Å². The third-order valence-electron chi connectivity index (χ3n) is 3.39. The molecule has 1 amide bonds. The fourth-order valence-corrected chi connectivity index (χ4v) is 2.40. The number of rotatable bonds is 5. The van der Waals surface area contributed by atoms with E-state index in [-0.39, 0.29) is 18.0 Å². The maximum absolute atomic E-state index is 12.1. The van der Waals surface area contributed by atoms with Crippen molar-refractivity contribution in [2.24, 2.45) is 5.92 Å². The molecule has 116 valence electrons. The first-order chi connectivity index (χ1) is 10.1. The zero-order valence-corrected chi connectivity index (χ0v) is 12.9. The van der Waals surface area contributed by atoms with Gasteiger partial charge in [-0.15, -0.1) is 0 Å². The van der Waals surface area contributed by atoms with Crippen molar-refractivity contribution in [3.63, 3.8) is 0 Å². The number of hydrogen-bond donors (Lipinski definition) is 0. The molecule has 1 saturated heterocycles. The molecule has 0 aromatic carbocycles.